The number of alkyl halides is 3. The first-order valence-electron chi connectivity index (χ1n) is 9.29. The number of halogens is 3. The summed E-state index contributed by atoms with van der Waals surface area (Å²) < 4.78 is 51.4. The molecular weight excluding hydrogens is 419 g/mol. The van der Waals surface area contributed by atoms with E-state index < -0.39 is 23.4 Å². The van der Waals surface area contributed by atoms with Gasteiger partial charge in [0.15, 0.2) is 0 Å². The molecule has 31 heavy (non-hydrogen) atoms. The largest absolute Gasteiger partial charge is 0.491 e. The fourth-order valence-corrected chi connectivity index (χ4v) is 3.25. The molecule has 2 atom stereocenters. The summed E-state index contributed by atoms with van der Waals surface area (Å²) in [7, 11) is 0. The number of nitrogens with one attached hydrogen (secondary N) is 1. The van der Waals surface area contributed by atoms with Crippen LogP contribution in [0.1, 0.15) is 12.5 Å². The van der Waals surface area contributed by atoms with Gasteiger partial charge in [0.25, 0.3) is 5.69 Å². The lowest BCUT2D eigenvalue weighted by molar-refractivity contribution is -0.385. The zero-order valence-corrected chi connectivity index (χ0v) is 16.7. The van der Waals surface area contributed by atoms with Crippen molar-refractivity contribution >= 4 is 23.0 Å². The average molecular weight is 439 g/mol. The number of nitrogens with zero attached hydrogens (tertiary/aromatic N) is 2. The summed E-state index contributed by atoms with van der Waals surface area (Å²) in [6.45, 7) is 2.60. The second kappa shape index (κ2) is 8.80. The summed E-state index contributed by atoms with van der Waals surface area (Å²) in [4.78, 5) is 22.4. The summed E-state index contributed by atoms with van der Waals surface area (Å²) in [6, 6.07) is 10.2. The molecular formula is C20H20F3N3O5. The molecule has 0 aromatic heterocycles. The van der Waals surface area contributed by atoms with Gasteiger partial charge < -0.3 is 19.7 Å². The number of nitro groups is 1. The molecule has 0 radical (unpaired) electrons. The van der Waals surface area contributed by atoms with Crippen LogP contribution in [0.3, 0.4) is 0 Å². The van der Waals surface area contributed by atoms with Gasteiger partial charge in [-0.2, -0.15) is 13.2 Å². The molecule has 11 heteroatoms. The highest BCUT2D eigenvalue weighted by Gasteiger charge is 2.51. The Morgan fingerprint density at radius 3 is 2.52 bits per heavy atom. The summed E-state index contributed by atoms with van der Waals surface area (Å²) in [6.07, 6.45) is -7.73. The number of benzene rings is 2. The molecule has 8 nitrogen and oxygen atoms in total. The van der Waals surface area contributed by atoms with E-state index in [0.717, 1.165) is 4.90 Å². The molecule has 0 saturated carbocycles. The van der Waals surface area contributed by atoms with Crippen LogP contribution in [0, 0.1) is 17.0 Å². The van der Waals surface area contributed by atoms with Gasteiger partial charge in [-0.15, -0.1) is 0 Å². The minimum absolute atomic E-state index is 0.106. The second-order valence-corrected chi connectivity index (χ2v) is 7.05. The highest BCUT2D eigenvalue weighted by Crippen LogP contribution is 2.36. The number of anilines is 2. The van der Waals surface area contributed by atoms with Crippen molar-refractivity contribution in [3.05, 3.63) is 58.1 Å². The molecule has 1 N–H and O–H groups in total. The van der Waals surface area contributed by atoms with Crippen molar-refractivity contribution in [2.24, 2.45) is 0 Å². The predicted octanol–water partition coefficient (Wildman–Crippen LogP) is 4.03. The fraction of sp³-hybridized carbons (Fsp3) is 0.350. The average Bonchev–Trinajstić information content (AvgIpc) is 3.11. The molecule has 1 saturated heterocycles. The lowest BCUT2D eigenvalue weighted by Crippen LogP contribution is -2.42. The predicted molar refractivity (Wildman–Crippen MR) is 106 cm³/mol. The number of carbonyl (C=O) groups excluding carboxylic acids is 1. The first-order chi connectivity index (χ1) is 14.5. The van der Waals surface area contributed by atoms with Crippen LogP contribution >= 0.6 is 0 Å². The number of carbonyl (C=O) groups is 1. The molecule has 1 aliphatic heterocycles. The van der Waals surface area contributed by atoms with Gasteiger partial charge in [-0.25, -0.2) is 0 Å². The Balaban J connectivity index is 1.70. The van der Waals surface area contributed by atoms with Gasteiger partial charge in [-0.05, 0) is 43.3 Å². The van der Waals surface area contributed by atoms with E-state index in [-0.39, 0.29) is 36.0 Å². The van der Waals surface area contributed by atoms with E-state index in [1.807, 2.05) is 0 Å². The molecule has 3 rings (SSSR count). The van der Waals surface area contributed by atoms with E-state index in [4.69, 9.17) is 9.47 Å². The van der Waals surface area contributed by atoms with Gasteiger partial charge in [0.1, 0.15) is 18.5 Å². The van der Waals surface area contributed by atoms with Crippen LogP contribution in [0.5, 0.6) is 5.75 Å². The van der Waals surface area contributed by atoms with Crippen molar-refractivity contribution < 1.29 is 32.4 Å². The topological polar surface area (TPSA) is 93.9 Å². The van der Waals surface area contributed by atoms with Crippen LogP contribution in [0.2, 0.25) is 0 Å². The second-order valence-electron chi connectivity index (χ2n) is 7.05. The maximum atomic E-state index is 13.5. The molecule has 2 aromatic carbocycles. The van der Waals surface area contributed by atoms with Gasteiger partial charge in [-0.3, -0.25) is 14.9 Å². The van der Waals surface area contributed by atoms with Crippen molar-refractivity contribution in [3.8, 4) is 5.75 Å². The molecule has 0 aliphatic carbocycles. The van der Waals surface area contributed by atoms with Crippen LogP contribution in [0.15, 0.2) is 42.5 Å². The van der Waals surface area contributed by atoms with Gasteiger partial charge in [0.05, 0.1) is 11.5 Å². The number of nitro benzene ring substituents is 1. The highest BCUT2D eigenvalue weighted by molar-refractivity contribution is 5.88. The van der Waals surface area contributed by atoms with Gasteiger partial charge >= 0.3 is 6.18 Å². The zero-order chi connectivity index (χ0) is 22.8. The standard InChI is InChI=1S/C20H20F3N3O5/c1-12-9-15(5-8-18(12)26(28)29)25-10-17(31-19(25)20(21,22)23)11-30-16-6-3-14(4-7-16)24-13(2)27/h3-9,17,19H,10-11H2,1-2H3,(H,24,27). The summed E-state index contributed by atoms with van der Waals surface area (Å²) in [5.41, 5.74) is 0.818. The lowest BCUT2D eigenvalue weighted by atomic mass is 10.1. The number of hydrogen-bond acceptors (Lipinski definition) is 6. The van der Waals surface area contributed by atoms with Crippen molar-refractivity contribution in [2.45, 2.75) is 32.4 Å². The Labute approximate surface area is 175 Å². The van der Waals surface area contributed by atoms with Crippen LogP contribution in [-0.2, 0) is 9.53 Å². The molecule has 2 aromatic rings. The maximum Gasteiger partial charge on any atom is 0.433 e. The van der Waals surface area contributed by atoms with Crippen LogP contribution in [0.4, 0.5) is 30.2 Å². The van der Waals surface area contributed by atoms with Crippen LogP contribution in [-0.4, -0.2) is 42.5 Å². The molecule has 2 unspecified atom stereocenters. The monoisotopic (exact) mass is 439 g/mol. The third kappa shape index (κ3) is 5.43. The smallest absolute Gasteiger partial charge is 0.433 e. The first kappa shape index (κ1) is 22.3. The van der Waals surface area contributed by atoms with E-state index in [2.05, 4.69) is 5.32 Å². The Morgan fingerprint density at radius 2 is 1.97 bits per heavy atom. The quantitative estimate of drug-likeness (QED) is 0.540. The first-order valence-corrected chi connectivity index (χ1v) is 9.29. The zero-order valence-electron chi connectivity index (χ0n) is 16.7. The van der Waals surface area contributed by atoms with Crippen molar-refractivity contribution in [1.82, 2.24) is 0 Å². The molecule has 1 amide bonds. The fourth-order valence-electron chi connectivity index (χ4n) is 3.25. The Hall–Kier alpha value is -3.34. The normalized spacial score (nSPS) is 18.7. The van der Waals surface area contributed by atoms with Crippen molar-refractivity contribution in [3.63, 3.8) is 0 Å². The SMILES string of the molecule is CC(=O)Nc1ccc(OCC2CN(c3ccc([N+](=O)[O-])c(C)c3)C(C(F)(F)F)O2)cc1. The number of rotatable bonds is 6. The summed E-state index contributed by atoms with van der Waals surface area (Å²) in [5, 5.41) is 13.6. The summed E-state index contributed by atoms with van der Waals surface area (Å²) in [5.74, 6) is 0.179. The van der Waals surface area contributed by atoms with Gasteiger partial charge in [0, 0.05) is 29.9 Å². The number of aryl methyl sites for hydroxylation is 1. The number of hydrogen-bond donors (Lipinski definition) is 1. The highest BCUT2D eigenvalue weighted by atomic mass is 19.4. The minimum atomic E-state index is -4.66. The number of ether oxygens (including phenoxy) is 2. The Bertz CT molecular complexity index is 966. The van der Waals surface area contributed by atoms with E-state index in [1.165, 1.54) is 32.0 Å². The van der Waals surface area contributed by atoms with Crippen LogP contribution in [0.25, 0.3) is 0 Å². The van der Waals surface area contributed by atoms with E-state index in [9.17, 15) is 28.1 Å². The molecule has 1 aliphatic rings. The molecule has 0 spiro atoms. The van der Waals surface area contributed by atoms with E-state index in [0.29, 0.717) is 11.4 Å². The van der Waals surface area contributed by atoms with E-state index in [1.54, 1.807) is 24.3 Å². The van der Waals surface area contributed by atoms with Gasteiger partial charge in [-0.1, -0.05) is 0 Å². The third-order valence-corrected chi connectivity index (χ3v) is 4.60. The molecule has 1 fully saturated rings. The minimum Gasteiger partial charge on any atom is -0.491 e. The van der Waals surface area contributed by atoms with Crippen molar-refractivity contribution in [2.75, 3.05) is 23.4 Å². The van der Waals surface area contributed by atoms with Crippen molar-refractivity contribution in [1.29, 1.82) is 0 Å². The lowest BCUT2D eigenvalue weighted by Gasteiger charge is -2.26. The molecule has 1 heterocycles. The molecule has 0 bridgehead atoms. The van der Waals surface area contributed by atoms with Crippen LogP contribution < -0.4 is 15.0 Å². The number of amides is 1. The summed E-state index contributed by atoms with van der Waals surface area (Å²) >= 11 is 0. The van der Waals surface area contributed by atoms with E-state index >= 15 is 0 Å². The maximum absolute atomic E-state index is 13.5. The Morgan fingerprint density at radius 1 is 1.29 bits per heavy atom. The Kier molecular flexibility index (Phi) is 6.34. The third-order valence-electron chi connectivity index (χ3n) is 4.60. The van der Waals surface area contributed by atoms with Gasteiger partial charge in [0.2, 0.25) is 12.1 Å². The molecule has 166 valence electrons.